The number of benzene rings is 2. The molecule has 1 amide bonds. The predicted octanol–water partition coefficient (Wildman–Crippen LogP) is 3.25. The van der Waals surface area contributed by atoms with Gasteiger partial charge in [0.05, 0.1) is 5.75 Å². The van der Waals surface area contributed by atoms with Gasteiger partial charge >= 0.3 is 0 Å². The highest BCUT2D eigenvalue weighted by molar-refractivity contribution is 7.99. The quantitative estimate of drug-likeness (QED) is 0.360. The number of rotatable bonds is 8. The van der Waals surface area contributed by atoms with Crippen LogP contribution in [-0.2, 0) is 11.2 Å². The van der Waals surface area contributed by atoms with Gasteiger partial charge in [0.1, 0.15) is 0 Å². The molecule has 0 spiro atoms. The van der Waals surface area contributed by atoms with Crippen LogP contribution in [0.4, 0.5) is 0 Å². The molecule has 2 N–H and O–H groups in total. The summed E-state index contributed by atoms with van der Waals surface area (Å²) in [6.45, 7) is 8.96. The third-order valence-corrected chi connectivity index (χ3v) is 5.41. The second-order valence-corrected chi connectivity index (χ2v) is 7.68. The minimum Gasteiger partial charge on any atom is -0.338 e. The molecule has 3 aromatic rings. The Balaban J connectivity index is 1.70. The summed E-state index contributed by atoms with van der Waals surface area (Å²) in [5.41, 5.74) is 2.10. The van der Waals surface area contributed by atoms with E-state index in [4.69, 9.17) is 5.84 Å². The zero-order valence-electron chi connectivity index (χ0n) is 16.3. The van der Waals surface area contributed by atoms with Gasteiger partial charge in [-0.1, -0.05) is 66.4 Å². The Bertz CT molecular complexity index is 992. The molecule has 0 atom stereocenters. The van der Waals surface area contributed by atoms with Crippen LogP contribution in [0.1, 0.15) is 25.2 Å². The third-order valence-electron chi connectivity index (χ3n) is 4.48. The van der Waals surface area contributed by atoms with Gasteiger partial charge in [0, 0.05) is 19.5 Å². The zero-order valence-corrected chi connectivity index (χ0v) is 17.1. The summed E-state index contributed by atoms with van der Waals surface area (Å²) in [4.78, 5) is 14.2. The summed E-state index contributed by atoms with van der Waals surface area (Å²) in [5, 5.41) is 11.3. The number of hydrogen-bond acceptors (Lipinski definition) is 5. The molecule has 0 unspecified atom stereocenters. The van der Waals surface area contributed by atoms with Crippen LogP contribution >= 0.6 is 11.8 Å². The first kappa shape index (κ1) is 19.9. The number of nitrogen functional groups attached to an aromatic ring is 1. The van der Waals surface area contributed by atoms with Gasteiger partial charge in [-0.05, 0) is 30.2 Å². The molecule has 7 heteroatoms. The van der Waals surface area contributed by atoms with E-state index in [2.05, 4.69) is 41.0 Å². The number of amides is 1. The van der Waals surface area contributed by atoms with Crippen LogP contribution in [0, 0.1) is 0 Å². The maximum absolute atomic E-state index is 12.4. The Labute approximate surface area is 169 Å². The van der Waals surface area contributed by atoms with E-state index < -0.39 is 0 Å². The largest absolute Gasteiger partial charge is 0.338 e. The van der Waals surface area contributed by atoms with E-state index in [-0.39, 0.29) is 11.7 Å². The van der Waals surface area contributed by atoms with Gasteiger partial charge in [-0.25, -0.2) is 4.68 Å². The van der Waals surface area contributed by atoms with Crippen LogP contribution in [0.3, 0.4) is 0 Å². The maximum Gasteiger partial charge on any atom is 0.233 e. The van der Waals surface area contributed by atoms with Crippen LogP contribution in [0.15, 0.2) is 59.8 Å². The fourth-order valence-corrected chi connectivity index (χ4v) is 3.84. The summed E-state index contributed by atoms with van der Waals surface area (Å²) in [5.74, 6) is 7.17. The highest BCUT2D eigenvalue weighted by Gasteiger charge is 2.16. The minimum absolute atomic E-state index is 0.0362. The first-order valence-electron chi connectivity index (χ1n) is 9.20. The van der Waals surface area contributed by atoms with Crippen LogP contribution in [0.5, 0.6) is 0 Å². The molecule has 3 rings (SSSR count). The Morgan fingerprint density at radius 2 is 1.96 bits per heavy atom. The smallest absolute Gasteiger partial charge is 0.233 e. The highest BCUT2D eigenvalue weighted by atomic mass is 32.2. The second kappa shape index (κ2) is 8.93. The summed E-state index contributed by atoms with van der Waals surface area (Å²) in [6.07, 6.45) is 0.579. The molecular formula is C21H25N5OS. The number of likely N-dealkylation sites (N-methyl/N-ethyl adjacent to an activating group) is 1. The van der Waals surface area contributed by atoms with Crippen molar-refractivity contribution in [2.75, 3.05) is 24.7 Å². The number of carbonyl (C=O) groups excluding carboxylic acids is 1. The van der Waals surface area contributed by atoms with Crippen molar-refractivity contribution in [2.24, 2.45) is 0 Å². The van der Waals surface area contributed by atoms with E-state index in [0.29, 0.717) is 30.5 Å². The van der Waals surface area contributed by atoms with Crippen molar-refractivity contribution in [3.05, 3.63) is 66.0 Å². The predicted molar refractivity (Wildman–Crippen MR) is 115 cm³/mol. The summed E-state index contributed by atoms with van der Waals surface area (Å²) >= 11 is 1.30. The van der Waals surface area contributed by atoms with Crippen LogP contribution in [-0.4, -0.2) is 44.5 Å². The molecule has 1 heterocycles. The van der Waals surface area contributed by atoms with Gasteiger partial charge in [-0.15, -0.1) is 10.2 Å². The van der Waals surface area contributed by atoms with E-state index >= 15 is 0 Å². The van der Waals surface area contributed by atoms with Crippen molar-refractivity contribution < 1.29 is 4.79 Å². The lowest BCUT2D eigenvalue weighted by atomic mass is 10.0. The van der Waals surface area contributed by atoms with E-state index in [9.17, 15) is 4.79 Å². The van der Waals surface area contributed by atoms with Gasteiger partial charge in [0.25, 0.3) is 0 Å². The van der Waals surface area contributed by atoms with Gasteiger partial charge < -0.3 is 10.7 Å². The fourth-order valence-electron chi connectivity index (χ4n) is 3.06. The zero-order chi connectivity index (χ0) is 20.1. The maximum atomic E-state index is 12.4. The molecule has 28 heavy (non-hydrogen) atoms. The number of nitrogens with two attached hydrogens (primary N) is 1. The molecule has 0 aliphatic heterocycles. The number of nitrogens with zero attached hydrogens (tertiary/aromatic N) is 4. The third kappa shape index (κ3) is 4.54. The second-order valence-electron chi connectivity index (χ2n) is 6.74. The van der Waals surface area contributed by atoms with Crippen molar-refractivity contribution in [1.82, 2.24) is 19.8 Å². The lowest BCUT2D eigenvalue weighted by Crippen LogP contribution is -2.33. The molecule has 0 aliphatic carbocycles. The normalized spacial score (nSPS) is 10.9. The number of fused-ring (bicyclic) bond motifs is 1. The molecule has 0 aliphatic rings. The first-order chi connectivity index (χ1) is 13.5. The van der Waals surface area contributed by atoms with Crippen LogP contribution in [0.2, 0.25) is 0 Å². The molecule has 2 aromatic carbocycles. The lowest BCUT2D eigenvalue weighted by Gasteiger charge is -2.20. The molecule has 0 saturated carbocycles. The van der Waals surface area contributed by atoms with Crippen LogP contribution < -0.4 is 5.84 Å². The Morgan fingerprint density at radius 1 is 1.21 bits per heavy atom. The standard InChI is InChI=1S/C21H25N5OS/c1-4-25(13-15(2)3)20(27)14-28-21-24-23-19(26(21)22)12-17-10-7-9-16-8-5-6-11-18(16)17/h5-11H,2,4,12-14,22H2,1,3H3. The molecule has 6 nitrogen and oxygen atoms in total. The Hall–Kier alpha value is -2.80. The van der Waals surface area contributed by atoms with Crippen molar-refractivity contribution in [2.45, 2.75) is 25.4 Å². The van der Waals surface area contributed by atoms with Gasteiger partial charge in [-0.3, -0.25) is 4.79 Å². The molecule has 0 fully saturated rings. The average Bonchev–Trinajstić information content (AvgIpc) is 3.04. The molecule has 0 saturated heterocycles. The summed E-state index contributed by atoms with van der Waals surface area (Å²) in [6, 6.07) is 14.4. The molecule has 1 aromatic heterocycles. The van der Waals surface area contributed by atoms with E-state index in [1.54, 1.807) is 4.90 Å². The number of aromatic nitrogens is 3. The number of hydrogen-bond donors (Lipinski definition) is 1. The topological polar surface area (TPSA) is 77.0 Å². The summed E-state index contributed by atoms with van der Waals surface area (Å²) < 4.78 is 1.48. The van der Waals surface area contributed by atoms with Gasteiger partial charge in [-0.2, -0.15) is 0 Å². The molecular weight excluding hydrogens is 370 g/mol. The van der Waals surface area contributed by atoms with Crippen LogP contribution in [0.25, 0.3) is 10.8 Å². The van der Waals surface area contributed by atoms with E-state index in [1.165, 1.54) is 27.2 Å². The van der Waals surface area contributed by atoms with Gasteiger partial charge in [0.2, 0.25) is 11.1 Å². The molecule has 0 bridgehead atoms. The Kier molecular flexibility index (Phi) is 6.36. The molecule has 146 valence electrons. The SMILES string of the molecule is C=C(C)CN(CC)C(=O)CSc1nnc(Cc2cccc3ccccc23)n1N. The minimum atomic E-state index is 0.0362. The fraction of sp³-hybridized carbons (Fsp3) is 0.286. The van der Waals surface area contributed by atoms with Crippen molar-refractivity contribution in [1.29, 1.82) is 0 Å². The van der Waals surface area contributed by atoms with Crippen molar-refractivity contribution in [3.8, 4) is 0 Å². The van der Waals surface area contributed by atoms with Gasteiger partial charge in [0.15, 0.2) is 5.82 Å². The highest BCUT2D eigenvalue weighted by Crippen LogP contribution is 2.22. The average molecular weight is 396 g/mol. The monoisotopic (exact) mass is 395 g/mol. The molecule has 0 radical (unpaired) electrons. The number of thioether (sulfide) groups is 1. The van der Waals surface area contributed by atoms with Crippen molar-refractivity contribution in [3.63, 3.8) is 0 Å². The van der Waals surface area contributed by atoms with E-state index in [1.807, 2.05) is 32.0 Å². The van der Waals surface area contributed by atoms with Crippen molar-refractivity contribution >= 4 is 28.4 Å². The van der Waals surface area contributed by atoms with E-state index in [0.717, 1.165) is 11.1 Å². The summed E-state index contributed by atoms with van der Waals surface area (Å²) in [7, 11) is 0. The number of carbonyl (C=O) groups is 1. The lowest BCUT2D eigenvalue weighted by molar-refractivity contribution is -0.127. The first-order valence-corrected chi connectivity index (χ1v) is 10.2. The Morgan fingerprint density at radius 3 is 2.71 bits per heavy atom.